The molecular weight excluding hydrogens is 440 g/mol. The molecule has 2 aliphatic rings. The molecule has 0 radical (unpaired) electrons. The van der Waals surface area contributed by atoms with Gasteiger partial charge in [-0.05, 0) is 58.2 Å². The molecule has 1 atom stereocenters. The molecule has 0 aliphatic carbocycles. The van der Waals surface area contributed by atoms with Crippen molar-refractivity contribution in [2.45, 2.75) is 37.8 Å². The molecule has 9 nitrogen and oxygen atoms in total. The second-order valence-corrected chi connectivity index (χ2v) is 10.9. The van der Waals surface area contributed by atoms with E-state index >= 15 is 0 Å². The monoisotopic (exact) mass is 472 g/mol. The van der Waals surface area contributed by atoms with Crippen LogP contribution >= 0.6 is 0 Å². The molecule has 2 aromatic rings. The van der Waals surface area contributed by atoms with Crippen molar-refractivity contribution in [2.75, 3.05) is 55.4 Å². The smallest absolute Gasteiger partial charge is 0.249 e. The van der Waals surface area contributed by atoms with Gasteiger partial charge in [-0.3, -0.25) is 4.79 Å². The lowest BCUT2D eigenvalue weighted by molar-refractivity contribution is -0.119. The van der Waals surface area contributed by atoms with Crippen molar-refractivity contribution in [1.29, 1.82) is 0 Å². The molecule has 0 unspecified atom stereocenters. The second kappa shape index (κ2) is 8.92. The summed E-state index contributed by atoms with van der Waals surface area (Å²) in [5.41, 5.74) is 1.39. The van der Waals surface area contributed by atoms with Crippen LogP contribution in [0.4, 0.5) is 23.0 Å². The van der Waals surface area contributed by atoms with Gasteiger partial charge in [-0.15, -0.1) is 0 Å². The maximum Gasteiger partial charge on any atom is 0.249 e. The summed E-state index contributed by atoms with van der Waals surface area (Å²) in [5.74, 6) is 1.34. The Labute approximate surface area is 196 Å². The summed E-state index contributed by atoms with van der Waals surface area (Å²) in [4.78, 5) is 23.5. The number of pyridine rings is 1. The molecule has 3 heterocycles. The van der Waals surface area contributed by atoms with Gasteiger partial charge in [-0.1, -0.05) is 6.07 Å². The van der Waals surface area contributed by atoms with E-state index in [-0.39, 0.29) is 22.9 Å². The van der Waals surface area contributed by atoms with Crippen molar-refractivity contribution in [1.82, 2.24) is 14.2 Å². The molecular formula is C23H32N6O3S. The molecule has 0 bridgehead atoms. The fourth-order valence-electron chi connectivity index (χ4n) is 4.42. The quantitative estimate of drug-likeness (QED) is 0.714. The summed E-state index contributed by atoms with van der Waals surface area (Å²) < 4.78 is 27.8. The first-order chi connectivity index (χ1) is 15.6. The third-order valence-electron chi connectivity index (χ3n) is 6.33. The Kier molecular flexibility index (Phi) is 6.35. The zero-order valence-corrected chi connectivity index (χ0v) is 20.6. The number of likely N-dealkylation sites (N-methyl/N-ethyl adjacent to an activating group) is 2. The number of carbonyl (C=O) groups excluding carboxylic acids is 1. The summed E-state index contributed by atoms with van der Waals surface area (Å²) >= 11 is 0. The maximum atomic E-state index is 13.1. The van der Waals surface area contributed by atoms with E-state index in [4.69, 9.17) is 4.98 Å². The summed E-state index contributed by atoms with van der Waals surface area (Å²) in [7, 11) is 0.194. The van der Waals surface area contributed by atoms with Crippen LogP contribution in [0.25, 0.3) is 0 Å². The van der Waals surface area contributed by atoms with Crippen molar-refractivity contribution in [3.63, 3.8) is 0 Å². The van der Waals surface area contributed by atoms with Gasteiger partial charge in [0.25, 0.3) is 0 Å². The van der Waals surface area contributed by atoms with E-state index < -0.39 is 10.0 Å². The number of nitrogens with one attached hydrogen (secondary N) is 1. The number of amides is 1. The van der Waals surface area contributed by atoms with Crippen molar-refractivity contribution < 1.29 is 13.2 Å². The van der Waals surface area contributed by atoms with E-state index in [9.17, 15) is 13.2 Å². The van der Waals surface area contributed by atoms with Gasteiger partial charge >= 0.3 is 0 Å². The molecule has 1 amide bonds. The largest absolute Gasteiger partial charge is 0.341 e. The molecule has 0 saturated carbocycles. The van der Waals surface area contributed by atoms with Crippen molar-refractivity contribution in [3.8, 4) is 0 Å². The topological polar surface area (TPSA) is 89.1 Å². The van der Waals surface area contributed by atoms with Crippen LogP contribution in [0.2, 0.25) is 0 Å². The number of hydrogen-bond donors (Lipinski definition) is 1. The number of sulfonamides is 1. The fourth-order valence-corrected chi connectivity index (χ4v) is 5.88. The Morgan fingerprint density at radius 2 is 1.76 bits per heavy atom. The number of aromatic nitrogens is 1. The highest BCUT2D eigenvalue weighted by molar-refractivity contribution is 7.89. The first-order valence-electron chi connectivity index (χ1n) is 11.2. The Hall–Kier alpha value is -2.69. The first-order valence-corrected chi connectivity index (χ1v) is 12.7. The highest BCUT2D eigenvalue weighted by Crippen LogP contribution is 2.36. The number of benzene rings is 1. The molecule has 1 aromatic heterocycles. The van der Waals surface area contributed by atoms with Gasteiger partial charge in [0, 0.05) is 45.0 Å². The Balaban J connectivity index is 1.61. The Morgan fingerprint density at radius 3 is 2.42 bits per heavy atom. The molecule has 33 heavy (non-hydrogen) atoms. The molecule has 10 heteroatoms. The lowest BCUT2D eigenvalue weighted by Gasteiger charge is -2.41. The average molecular weight is 473 g/mol. The highest BCUT2D eigenvalue weighted by Gasteiger charge is 2.36. The molecule has 4 rings (SSSR count). The molecule has 0 spiro atoms. The van der Waals surface area contributed by atoms with E-state index in [0.29, 0.717) is 24.6 Å². The molecule has 178 valence electrons. The SMILES string of the molecule is CC(C)N1c2nc(Nc3cccc(S(=O)(=O)N4CCN(C)CC4)c3)ccc2N(C)C(=O)[C@H]1C. The third kappa shape index (κ3) is 4.42. The van der Waals surface area contributed by atoms with Crippen LogP contribution in [-0.2, 0) is 14.8 Å². The van der Waals surface area contributed by atoms with Crippen LogP contribution in [0.5, 0.6) is 0 Å². The fraction of sp³-hybridized carbons (Fsp3) is 0.478. The van der Waals surface area contributed by atoms with Crippen LogP contribution in [0.3, 0.4) is 0 Å². The first kappa shape index (κ1) is 23.5. The summed E-state index contributed by atoms with van der Waals surface area (Å²) in [6, 6.07) is 10.3. The highest BCUT2D eigenvalue weighted by atomic mass is 32.2. The normalized spacial score (nSPS) is 20.3. The minimum Gasteiger partial charge on any atom is -0.341 e. The number of fused-ring (bicyclic) bond motifs is 1. The van der Waals surface area contributed by atoms with Crippen LogP contribution in [0.15, 0.2) is 41.3 Å². The molecule has 1 aromatic carbocycles. The van der Waals surface area contributed by atoms with Crippen LogP contribution in [0.1, 0.15) is 20.8 Å². The van der Waals surface area contributed by atoms with Crippen LogP contribution in [0, 0.1) is 0 Å². The minimum absolute atomic E-state index is 0.0283. The van der Waals surface area contributed by atoms with Gasteiger partial charge in [-0.2, -0.15) is 4.31 Å². The van der Waals surface area contributed by atoms with Gasteiger partial charge in [-0.25, -0.2) is 13.4 Å². The predicted molar refractivity (Wildman–Crippen MR) is 131 cm³/mol. The van der Waals surface area contributed by atoms with Crippen molar-refractivity contribution in [2.24, 2.45) is 0 Å². The molecule has 1 saturated heterocycles. The summed E-state index contributed by atoms with van der Waals surface area (Å²) in [5, 5.41) is 3.24. The van der Waals surface area contributed by atoms with Gasteiger partial charge in [0.15, 0.2) is 5.82 Å². The predicted octanol–water partition coefficient (Wildman–Crippen LogP) is 2.34. The Bertz CT molecular complexity index is 1140. The number of carbonyl (C=O) groups is 1. The number of anilines is 4. The minimum atomic E-state index is -3.56. The van der Waals surface area contributed by atoms with Crippen molar-refractivity contribution in [3.05, 3.63) is 36.4 Å². The summed E-state index contributed by atoms with van der Waals surface area (Å²) in [6.07, 6.45) is 0. The van der Waals surface area contributed by atoms with Gasteiger partial charge in [0.2, 0.25) is 15.9 Å². The molecule has 1 fully saturated rings. The molecule has 1 N–H and O–H groups in total. The van der Waals surface area contributed by atoms with Gasteiger partial charge < -0.3 is 20.0 Å². The van der Waals surface area contributed by atoms with E-state index in [0.717, 1.165) is 24.6 Å². The summed E-state index contributed by atoms with van der Waals surface area (Å²) in [6.45, 7) is 8.36. The number of piperazine rings is 1. The Morgan fingerprint density at radius 1 is 1.06 bits per heavy atom. The number of hydrogen-bond acceptors (Lipinski definition) is 7. The van der Waals surface area contributed by atoms with Gasteiger partial charge in [0.05, 0.1) is 10.6 Å². The standard InChI is InChI=1S/C23H32N6O3S/c1-16(2)29-17(3)23(30)27(5)20-9-10-21(25-22(20)29)24-18-7-6-8-19(15-18)33(31,32)28-13-11-26(4)12-14-28/h6-10,15-17H,11-14H2,1-5H3,(H,24,25)/t17-/m1/s1. The number of nitrogens with zero attached hydrogens (tertiary/aromatic N) is 5. The number of rotatable bonds is 5. The van der Waals surface area contributed by atoms with Gasteiger partial charge in [0.1, 0.15) is 11.9 Å². The lowest BCUT2D eigenvalue weighted by atomic mass is 10.1. The van der Waals surface area contributed by atoms with E-state index in [1.807, 2.05) is 44.9 Å². The lowest BCUT2D eigenvalue weighted by Crippen LogP contribution is -2.53. The average Bonchev–Trinajstić information content (AvgIpc) is 2.78. The maximum absolute atomic E-state index is 13.1. The van der Waals surface area contributed by atoms with Crippen molar-refractivity contribution >= 4 is 38.9 Å². The second-order valence-electron chi connectivity index (χ2n) is 8.97. The van der Waals surface area contributed by atoms with Crippen LogP contribution in [-0.4, -0.2) is 80.9 Å². The third-order valence-corrected chi connectivity index (χ3v) is 8.22. The van der Waals surface area contributed by atoms with E-state index in [1.54, 1.807) is 36.2 Å². The van der Waals surface area contributed by atoms with E-state index in [2.05, 4.69) is 10.2 Å². The molecule has 2 aliphatic heterocycles. The van der Waals surface area contributed by atoms with Crippen LogP contribution < -0.4 is 15.1 Å². The zero-order valence-electron chi connectivity index (χ0n) is 19.8. The van der Waals surface area contributed by atoms with E-state index in [1.165, 1.54) is 4.31 Å². The zero-order chi connectivity index (χ0) is 23.9.